The minimum Gasteiger partial charge on any atom is -0.427 e. The molecule has 0 spiro atoms. The number of pyridine rings is 1. The van der Waals surface area contributed by atoms with Crippen molar-refractivity contribution in [1.82, 2.24) is 24.3 Å². The number of amides is 1. The summed E-state index contributed by atoms with van der Waals surface area (Å²) >= 11 is 0. The highest BCUT2D eigenvalue weighted by Crippen LogP contribution is 2.40. The van der Waals surface area contributed by atoms with Crippen molar-refractivity contribution in [1.29, 1.82) is 0 Å². The molecule has 4 aromatic rings. The van der Waals surface area contributed by atoms with Gasteiger partial charge in [0, 0.05) is 37.2 Å². The summed E-state index contributed by atoms with van der Waals surface area (Å²) in [6.45, 7) is 1.92. The van der Waals surface area contributed by atoms with E-state index in [-0.39, 0.29) is 23.7 Å². The zero-order chi connectivity index (χ0) is 22.9. The third kappa shape index (κ3) is 4.05. The number of nitrogen functional groups attached to an aromatic ring is 1. The quantitative estimate of drug-likeness (QED) is 0.474. The van der Waals surface area contributed by atoms with Crippen LogP contribution in [-0.4, -0.2) is 43.5 Å². The molecule has 4 aromatic heterocycles. The summed E-state index contributed by atoms with van der Waals surface area (Å²) in [6, 6.07) is 3.96. The number of aromatic nitrogens is 5. The number of anilines is 2. The second kappa shape index (κ2) is 8.62. The molecule has 1 fully saturated rings. The van der Waals surface area contributed by atoms with Crippen LogP contribution in [0.3, 0.4) is 0 Å². The molecule has 2 atom stereocenters. The Morgan fingerprint density at radius 1 is 1.27 bits per heavy atom. The van der Waals surface area contributed by atoms with Gasteiger partial charge in [-0.3, -0.25) is 15.1 Å². The Morgan fingerprint density at radius 2 is 2.15 bits per heavy atom. The number of carbonyl (C=O) groups excluding carboxylic acids is 1. The molecule has 5 rings (SSSR count). The van der Waals surface area contributed by atoms with Gasteiger partial charge < -0.3 is 19.3 Å². The number of carbonyl (C=O) groups is 1. The Balaban J connectivity index is 1.55. The van der Waals surface area contributed by atoms with E-state index < -0.39 is 5.91 Å². The van der Waals surface area contributed by atoms with Crippen LogP contribution < -0.4 is 11.1 Å². The Bertz CT molecular complexity index is 1300. The van der Waals surface area contributed by atoms with E-state index >= 15 is 0 Å². The third-order valence-electron chi connectivity index (χ3n) is 6.17. The van der Waals surface area contributed by atoms with Gasteiger partial charge in [-0.05, 0) is 38.3 Å². The highest BCUT2D eigenvalue weighted by Gasteiger charge is 2.30. The van der Waals surface area contributed by atoms with Crippen LogP contribution in [0.2, 0.25) is 0 Å². The molecule has 1 amide bonds. The monoisotopic (exact) mass is 447 g/mol. The van der Waals surface area contributed by atoms with Crippen LogP contribution in [0.5, 0.6) is 0 Å². The van der Waals surface area contributed by atoms with Crippen molar-refractivity contribution < 1.29 is 13.9 Å². The summed E-state index contributed by atoms with van der Waals surface area (Å²) in [7, 11) is 1.74. The van der Waals surface area contributed by atoms with E-state index in [0.717, 1.165) is 48.3 Å². The number of hydrogen-bond acceptors (Lipinski definition) is 8. The van der Waals surface area contributed by atoms with E-state index in [1.165, 1.54) is 18.6 Å². The fraction of sp³-hybridized carbons (Fsp3) is 0.348. The average Bonchev–Trinajstić information content (AvgIpc) is 3.40. The number of hydrogen-bond donors (Lipinski definition) is 2. The standard InChI is InChI=1S/C23H25N7O3/c1-13-21(24)27-18-7-6-15(12-30(13)18)19-20(14-4-3-5-16(10-14)32-2)33-23(28-19)29-22(31)17-11-25-8-9-26-17/h6-9,11-12,14,16H,3-5,10,24H2,1-2H3,(H,28,29,31). The summed E-state index contributed by atoms with van der Waals surface area (Å²) in [5.74, 6) is 0.906. The summed E-state index contributed by atoms with van der Waals surface area (Å²) in [5, 5.41) is 2.72. The highest BCUT2D eigenvalue weighted by molar-refractivity contribution is 6.01. The van der Waals surface area contributed by atoms with Crippen LogP contribution in [0, 0.1) is 6.92 Å². The second-order valence-corrected chi connectivity index (χ2v) is 8.23. The predicted molar refractivity (Wildman–Crippen MR) is 122 cm³/mol. The number of imidazole rings is 1. The van der Waals surface area contributed by atoms with Crippen LogP contribution in [-0.2, 0) is 4.74 Å². The first-order chi connectivity index (χ1) is 16.0. The van der Waals surface area contributed by atoms with Crippen LogP contribution in [0.4, 0.5) is 11.8 Å². The van der Waals surface area contributed by atoms with Crippen LogP contribution >= 0.6 is 0 Å². The summed E-state index contributed by atoms with van der Waals surface area (Å²) < 4.78 is 13.7. The SMILES string of the molecule is COC1CCCC(c2oc(NC(=O)c3cnccn3)nc2-c2ccc3nc(N)c(C)n3c2)C1. The number of oxazole rings is 1. The molecule has 3 N–H and O–H groups in total. The zero-order valence-corrected chi connectivity index (χ0v) is 18.5. The lowest BCUT2D eigenvalue weighted by atomic mass is 9.84. The van der Waals surface area contributed by atoms with E-state index in [1.807, 2.05) is 29.7 Å². The molecule has 0 aliphatic heterocycles. The van der Waals surface area contributed by atoms with Gasteiger partial charge in [0.05, 0.1) is 18.0 Å². The molecule has 0 saturated heterocycles. The van der Waals surface area contributed by atoms with Crippen LogP contribution in [0.15, 0.2) is 41.3 Å². The first-order valence-corrected chi connectivity index (χ1v) is 10.9. The number of nitrogens with one attached hydrogen (secondary N) is 1. The van der Waals surface area contributed by atoms with Gasteiger partial charge in [-0.25, -0.2) is 9.97 Å². The van der Waals surface area contributed by atoms with Gasteiger partial charge in [-0.2, -0.15) is 4.98 Å². The molecule has 0 radical (unpaired) electrons. The Hall–Kier alpha value is -3.79. The lowest BCUT2D eigenvalue weighted by molar-refractivity contribution is 0.0608. The third-order valence-corrected chi connectivity index (χ3v) is 6.17. The van der Waals surface area contributed by atoms with Gasteiger partial charge in [0.25, 0.3) is 5.91 Å². The van der Waals surface area contributed by atoms with Crippen molar-refractivity contribution in [2.24, 2.45) is 0 Å². The number of rotatable bonds is 5. The maximum absolute atomic E-state index is 12.6. The van der Waals surface area contributed by atoms with Crippen molar-refractivity contribution in [3.63, 3.8) is 0 Å². The highest BCUT2D eigenvalue weighted by atomic mass is 16.5. The Labute approximate surface area is 190 Å². The maximum Gasteiger partial charge on any atom is 0.302 e. The van der Waals surface area contributed by atoms with Crippen molar-refractivity contribution in [2.45, 2.75) is 44.6 Å². The van der Waals surface area contributed by atoms with E-state index in [1.54, 1.807) is 7.11 Å². The van der Waals surface area contributed by atoms with Gasteiger partial charge in [-0.15, -0.1) is 0 Å². The first kappa shape index (κ1) is 21.1. The van der Waals surface area contributed by atoms with Gasteiger partial charge in [0.15, 0.2) is 0 Å². The molecule has 0 bridgehead atoms. The number of ether oxygens (including phenoxy) is 1. The fourth-order valence-electron chi connectivity index (χ4n) is 4.36. The van der Waals surface area contributed by atoms with Crippen molar-refractivity contribution >= 4 is 23.4 Å². The molecule has 1 saturated carbocycles. The summed E-state index contributed by atoms with van der Waals surface area (Å²) in [4.78, 5) is 29.6. The molecule has 1 aliphatic rings. The molecule has 1 aliphatic carbocycles. The van der Waals surface area contributed by atoms with E-state index in [4.69, 9.17) is 14.9 Å². The van der Waals surface area contributed by atoms with Gasteiger partial charge in [-0.1, -0.05) is 6.42 Å². The topological polar surface area (TPSA) is 133 Å². The Kier molecular flexibility index (Phi) is 5.51. The summed E-state index contributed by atoms with van der Waals surface area (Å²) in [5.41, 5.74) is 9.31. The lowest BCUT2D eigenvalue weighted by Crippen LogP contribution is -2.20. The van der Waals surface area contributed by atoms with E-state index in [9.17, 15) is 4.79 Å². The first-order valence-electron chi connectivity index (χ1n) is 10.9. The van der Waals surface area contributed by atoms with E-state index in [2.05, 4.69) is 25.3 Å². The van der Waals surface area contributed by atoms with Crippen molar-refractivity contribution in [2.75, 3.05) is 18.2 Å². The Morgan fingerprint density at radius 3 is 2.94 bits per heavy atom. The van der Waals surface area contributed by atoms with Crippen LogP contribution in [0.1, 0.15) is 53.5 Å². The molecule has 4 heterocycles. The van der Waals surface area contributed by atoms with Crippen LogP contribution in [0.25, 0.3) is 16.9 Å². The van der Waals surface area contributed by atoms with E-state index in [0.29, 0.717) is 11.5 Å². The van der Waals surface area contributed by atoms with Gasteiger partial charge in [0.1, 0.15) is 28.6 Å². The molecule has 0 aromatic carbocycles. The average molecular weight is 447 g/mol. The predicted octanol–water partition coefficient (Wildman–Crippen LogP) is 3.59. The molecule has 170 valence electrons. The van der Waals surface area contributed by atoms with Gasteiger partial charge in [0.2, 0.25) is 0 Å². The molecular formula is C23H25N7O3. The fourth-order valence-corrected chi connectivity index (χ4v) is 4.36. The van der Waals surface area contributed by atoms with Gasteiger partial charge >= 0.3 is 6.01 Å². The van der Waals surface area contributed by atoms with Crippen molar-refractivity contribution in [3.05, 3.63) is 54.1 Å². The van der Waals surface area contributed by atoms with Crippen molar-refractivity contribution in [3.8, 4) is 11.3 Å². The smallest absolute Gasteiger partial charge is 0.302 e. The minimum atomic E-state index is -0.436. The maximum atomic E-state index is 12.6. The summed E-state index contributed by atoms with van der Waals surface area (Å²) in [6.07, 6.45) is 10.3. The number of nitrogens with zero attached hydrogens (tertiary/aromatic N) is 5. The largest absolute Gasteiger partial charge is 0.427 e. The number of nitrogens with two attached hydrogens (primary N) is 1. The lowest BCUT2D eigenvalue weighted by Gasteiger charge is -2.27. The number of methoxy groups -OCH3 is 1. The number of fused-ring (bicyclic) bond motifs is 1. The zero-order valence-electron chi connectivity index (χ0n) is 18.5. The molecule has 2 unspecified atom stereocenters. The normalized spacial score (nSPS) is 18.5. The number of aryl methyl sites for hydroxylation is 1. The molecular weight excluding hydrogens is 422 g/mol. The molecule has 33 heavy (non-hydrogen) atoms. The molecule has 10 heteroatoms. The minimum absolute atomic E-state index is 0.122. The second-order valence-electron chi connectivity index (χ2n) is 8.23. The molecule has 10 nitrogen and oxygen atoms in total.